The van der Waals surface area contributed by atoms with Gasteiger partial charge in [-0.2, -0.15) is 0 Å². The largest absolute Gasteiger partial charge is 0.341 e. The van der Waals surface area contributed by atoms with E-state index >= 15 is 0 Å². The molecule has 1 saturated heterocycles. The number of rotatable bonds is 3. The lowest BCUT2D eigenvalue weighted by molar-refractivity contribution is -0.140. The van der Waals surface area contributed by atoms with E-state index in [2.05, 4.69) is 39.9 Å². The maximum absolute atomic E-state index is 12.6. The second kappa shape index (κ2) is 4.97. The standard InChI is InChI=1S/C14H28N2O/c1-7-14(9-8-10-15-14)12(17)16(6)11(2)13(3,4)5/h11,15H,7-10H2,1-6H3. The van der Waals surface area contributed by atoms with E-state index in [1.807, 2.05) is 11.9 Å². The van der Waals surface area contributed by atoms with Gasteiger partial charge in [0.1, 0.15) is 0 Å². The summed E-state index contributed by atoms with van der Waals surface area (Å²) in [7, 11) is 1.94. The number of hydrogen-bond donors (Lipinski definition) is 1. The van der Waals surface area contributed by atoms with Crippen molar-refractivity contribution in [1.29, 1.82) is 0 Å². The quantitative estimate of drug-likeness (QED) is 0.821. The van der Waals surface area contributed by atoms with Crippen molar-refractivity contribution >= 4 is 5.91 Å². The van der Waals surface area contributed by atoms with Crippen LogP contribution in [0, 0.1) is 5.41 Å². The Morgan fingerprint density at radius 2 is 2.06 bits per heavy atom. The zero-order chi connectivity index (χ0) is 13.3. The maximum atomic E-state index is 12.6. The first-order chi connectivity index (χ1) is 7.74. The van der Waals surface area contributed by atoms with E-state index in [0.717, 1.165) is 25.8 Å². The summed E-state index contributed by atoms with van der Waals surface area (Å²) in [5.74, 6) is 0.264. The van der Waals surface area contributed by atoms with Gasteiger partial charge in [0.15, 0.2) is 0 Å². The molecule has 0 aromatic heterocycles. The summed E-state index contributed by atoms with van der Waals surface area (Å²) in [6.45, 7) is 11.8. The number of hydrogen-bond acceptors (Lipinski definition) is 2. The molecule has 0 aliphatic carbocycles. The molecular formula is C14H28N2O. The topological polar surface area (TPSA) is 32.3 Å². The third-order valence-electron chi connectivity index (χ3n) is 4.41. The van der Waals surface area contributed by atoms with E-state index in [0.29, 0.717) is 0 Å². The monoisotopic (exact) mass is 240 g/mol. The van der Waals surface area contributed by atoms with Crippen molar-refractivity contribution in [3.8, 4) is 0 Å². The molecule has 0 saturated carbocycles. The van der Waals surface area contributed by atoms with E-state index in [1.54, 1.807) is 0 Å². The van der Waals surface area contributed by atoms with Gasteiger partial charge in [-0.25, -0.2) is 0 Å². The van der Waals surface area contributed by atoms with Crippen LogP contribution in [0.5, 0.6) is 0 Å². The van der Waals surface area contributed by atoms with E-state index in [-0.39, 0.29) is 22.9 Å². The molecular weight excluding hydrogens is 212 g/mol. The fourth-order valence-corrected chi connectivity index (χ4v) is 2.54. The van der Waals surface area contributed by atoms with E-state index in [9.17, 15) is 4.79 Å². The molecule has 17 heavy (non-hydrogen) atoms. The molecule has 1 N–H and O–H groups in total. The molecule has 1 heterocycles. The molecule has 0 aromatic rings. The van der Waals surface area contributed by atoms with Gasteiger partial charge in [-0.15, -0.1) is 0 Å². The zero-order valence-electron chi connectivity index (χ0n) is 12.3. The second-order valence-corrected chi connectivity index (χ2v) is 6.42. The normalized spacial score (nSPS) is 26.9. The summed E-state index contributed by atoms with van der Waals surface area (Å²) in [5, 5.41) is 3.42. The van der Waals surface area contributed by atoms with Crippen LogP contribution in [-0.2, 0) is 4.79 Å². The highest BCUT2D eigenvalue weighted by Crippen LogP contribution is 2.29. The molecule has 1 rings (SSSR count). The van der Waals surface area contributed by atoms with Gasteiger partial charge in [-0.05, 0) is 38.1 Å². The Hall–Kier alpha value is -0.570. The number of carbonyl (C=O) groups excluding carboxylic acids is 1. The molecule has 0 radical (unpaired) electrons. The van der Waals surface area contributed by atoms with Gasteiger partial charge < -0.3 is 10.2 Å². The fraction of sp³-hybridized carbons (Fsp3) is 0.929. The number of nitrogens with one attached hydrogen (secondary N) is 1. The summed E-state index contributed by atoms with van der Waals surface area (Å²) in [5.41, 5.74) is -0.174. The van der Waals surface area contributed by atoms with Crippen LogP contribution in [0.25, 0.3) is 0 Å². The summed E-state index contributed by atoms with van der Waals surface area (Å²) in [6, 6.07) is 0.251. The van der Waals surface area contributed by atoms with Gasteiger partial charge >= 0.3 is 0 Å². The highest BCUT2D eigenvalue weighted by molar-refractivity contribution is 5.86. The van der Waals surface area contributed by atoms with Crippen LogP contribution < -0.4 is 5.32 Å². The van der Waals surface area contributed by atoms with Crippen LogP contribution in [0.3, 0.4) is 0 Å². The molecule has 2 atom stereocenters. The maximum Gasteiger partial charge on any atom is 0.242 e. The van der Waals surface area contributed by atoms with E-state index in [4.69, 9.17) is 0 Å². The number of carbonyl (C=O) groups is 1. The third kappa shape index (κ3) is 2.82. The number of nitrogens with zero attached hydrogens (tertiary/aromatic N) is 1. The van der Waals surface area contributed by atoms with Gasteiger partial charge in [0.05, 0.1) is 5.54 Å². The minimum atomic E-state index is -0.297. The lowest BCUT2D eigenvalue weighted by Crippen LogP contribution is -2.57. The Morgan fingerprint density at radius 1 is 1.47 bits per heavy atom. The van der Waals surface area contributed by atoms with Crippen molar-refractivity contribution in [2.75, 3.05) is 13.6 Å². The Morgan fingerprint density at radius 3 is 2.41 bits per heavy atom. The minimum absolute atomic E-state index is 0.123. The van der Waals surface area contributed by atoms with Crippen LogP contribution in [0.2, 0.25) is 0 Å². The Balaban J connectivity index is 2.82. The second-order valence-electron chi connectivity index (χ2n) is 6.42. The molecule has 0 spiro atoms. The number of likely N-dealkylation sites (N-methyl/N-ethyl adjacent to an activating group) is 1. The SMILES string of the molecule is CCC1(C(=O)N(C)C(C)C(C)(C)C)CCCN1. The highest BCUT2D eigenvalue weighted by Gasteiger charge is 2.43. The minimum Gasteiger partial charge on any atom is -0.341 e. The van der Waals surface area contributed by atoms with Crippen LogP contribution in [-0.4, -0.2) is 36.0 Å². The lowest BCUT2D eigenvalue weighted by Gasteiger charge is -2.40. The van der Waals surface area contributed by atoms with E-state index in [1.165, 1.54) is 0 Å². The van der Waals surface area contributed by atoms with Gasteiger partial charge in [0, 0.05) is 13.1 Å². The average molecular weight is 240 g/mol. The zero-order valence-corrected chi connectivity index (χ0v) is 12.3. The smallest absolute Gasteiger partial charge is 0.242 e. The predicted molar refractivity (Wildman–Crippen MR) is 71.9 cm³/mol. The molecule has 1 amide bonds. The lowest BCUT2D eigenvalue weighted by atomic mass is 9.85. The molecule has 3 nitrogen and oxygen atoms in total. The van der Waals surface area contributed by atoms with Gasteiger partial charge in [0.25, 0.3) is 0 Å². The van der Waals surface area contributed by atoms with Crippen molar-refractivity contribution in [3.05, 3.63) is 0 Å². The first-order valence-electron chi connectivity index (χ1n) is 6.77. The number of amides is 1. The summed E-state index contributed by atoms with van der Waals surface area (Å²) < 4.78 is 0. The van der Waals surface area contributed by atoms with Crippen LogP contribution >= 0.6 is 0 Å². The molecule has 0 aromatic carbocycles. The summed E-state index contributed by atoms with van der Waals surface area (Å²) in [4.78, 5) is 14.6. The third-order valence-corrected chi connectivity index (χ3v) is 4.41. The van der Waals surface area contributed by atoms with Gasteiger partial charge in [0.2, 0.25) is 5.91 Å². The molecule has 3 heteroatoms. The van der Waals surface area contributed by atoms with Crippen molar-refractivity contribution < 1.29 is 4.79 Å². The van der Waals surface area contributed by atoms with Crippen LogP contribution in [0.1, 0.15) is 53.9 Å². The summed E-state index contributed by atoms with van der Waals surface area (Å²) in [6.07, 6.45) is 2.97. The van der Waals surface area contributed by atoms with Crippen LogP contribution in [0.4, 0.5) is 0 Å². The molecule has 1 aliphatic rings. The van der Waals surface area contributed by atoms with E-state index < -0.39 is 0 Å². The van der Waals surface area contributed by atoms with Crippen molar-refractivity contribution in [1.82, 2.24) is 10.2 Å². The average Bonchev–Trinajstić information content (AvgIpc) is 2.74. The first-order valence-corrected chi connectivity index (χ1v) is 6.77. The Labute approximate surface area is 106 Å². The molecule has 0 bridgehead atoms. The molecule has 1 fully saturated rings. The van der Waals surface area contributed by atoms with Crippen molar-refractivity contribution in [2.45, 2.75) is 65.5 Å². The Kier molecular flexibility index (Phi) is 4.23. The first kappa shape index (κ1) is 14.5. The van der Waals surface area contributed by atoms with Crippen LogP contribution in [0.15, 0.2) is 0 Å². The fourth-order valence-electron chi connectivity index (χ4n) is 2.54. The molecule has 2 unspecified atom stereocenters. The van der Waals surface area contributed by atoms with Gasteiger partial charge in [-0.3, -0.25) is 4.79 Å². The summed E-state index contributed by atoms with van der Waals surface area (Å²) >= 11 is 0. The van der Waals surface area contributed by atoms with Crippen molar-refractivity contribution in [2.24, 2.45) is 5.41 Å². The van der Waals surface area contributed by atoms with Gasteiger partial charge in [-0.1, -0.05) is 27.7 Å². The predicted octanol–water partition coefficient (Wildman–Crippen LogP) is 2.41. The molecule has 1 aliphatic heterocycles. The van der Waals surface area contributed by atoms with Crippen molar-refractivity contribution in [3.63, 3.8) is 0 Å². The molecule has 100 valence electrons. The Bertz CT molecular complexity index is 274. The highest BCUT2D eigenvalue weighted by atomic mass is 16.2.